The molecule has 1 rings (SSSR count). The van der Waals surface area contributed by atoms with Crippen molar-refractivity contribution in [2.75, 3.05) is 0 Å². The minimum atomic E-state index is 0. The molecule has 0 spiro atoms. The van der Waals surface area contributed by atoms with Crippen molar-refractivity contribution in [3.63, 3.8) is 0 Å². The number of hydrogen-bond acceptors (Lipinski definition) is 1. The van der Waals surface area contributed by atoms with Crippen LogP contribution in [-0.2, 0) is 39.3 Å². The van der Waals surface area contributed by atoms with Crippen LogP contribution in [0.3, 0.4) is 0 Å². The van der Waals surface area contributed by atoms with Crippen molar-refractivity contribution in [3.8, 4) is 0 Å². The van der Waals surface area contributed by atoms with Crippen LogP contribution >= 0.6 is 0 Å². The predicted octanol–water partition coefficient (Wildman–Crippen LogP) is 0.701. The summed E-state index contributed by atoms with van der Waals surface area (Å²) in [4.78, 5) is 0. The van der Waals surface area contributed by atoms with E-state index in [1.54, 1.807) is 6.20 Å². The van der Waals surface area contributed by atoms with Crippen LogP contribution in [0.5, 0.6) is 0 Å². The van der Waals surface area contributed by atoms with Crippen molar-refractivity contribution in [2.24, 2.45) is 0 Å². The fraction of sp³-hybridized carbons (Fsp3) is 0.400. The second-order valence-corrected chi connectivity index (χ2v) is 1.30. The molecular weight excluding hydrogens is 177 g/mol. The molecule has 0 aliphatic carbocycles. The van der Waals surface area contributed by atoms with E-state index in [4.69, 9.17) is 0 Å². The third kappa shape index (κ3) is 2.06. The molecule has 0 aliphatic heterocycles. The first-order chi connectivity index (χ1) is 3.43. The topological polar surface area (TPSA) is 17.8 Å². The fourth-order valence-electron chi connectivity index (χ4n) is 0.433. The van der Waals surface area contributed by atoms with Crippen molar-refractivity contribution in [2.45, 2.75) is 13.5 Å². The Bertz CT molecular complexity index is 125. The third-order valence-electron chi connectivity index (χ3n) is 0.828. The quantitative estimate of drug-likeness (QED) is 0.587. The van der Waals surface area contributed by atoms with Crippen LogP contribution in [0.2, 0.25) is 0 Å². The molecule has 0 bridgehead atoms. The van der Waals surface area contributed by atoms with Gasteiger partial charge in [-0.05, 0) is 6.92 Å². The fourth-order valence-corrected chi connectivity index (χ4v) is 0.433. The molecule has 0 saturated heterocycles. The van der Waals surface area contributed by atoms with Gasteiger partial charge in [-0.2, -0.15) is 6.20 Å². The Balaban J connectivity index is 0.000000490. The van der Waals surface area contributed by atoms with Gasteiger partial charge < -0.3 is 10.7 Å². The van der Waals surface area contributed by atoms with E-state index in [1.165, 1.54) is 0 Å². The zero-order valence-corrected chi connectivity index (χ0v) is 7.67. The maximum atomic E-state index is 3.90. The Kier molecular flexibility index (Phi) is 4.38. The molecule has 1 aromatic rings. The Hall–Kier alpha value is 0.314. The molecule has 8 heavy (non-hydrogen) atoms. The molecule has 0 amide bonds. The van der Waals surface area contributed by atoms with E-state index in [2.05, 4.69) is 11.2 Å². The van der Waals surface area contributed by atoms with Gasteiger partial charge in [0, 0.05) is 39.3 Å². The third-order valence-corrected chi connectivity index (χ3v) is 0.828. The van der Waals surface area contributed by atoms with Crippen molar-refractivity contribution < 1.29 is 32.7 Å². The molecule has 0 saturated carbocycles. The molecule has 41 valence electrons. The Morgan fingerprint density at radius 1 is 1.75 bits per heavy atom. The zero-order valence-electron chi connectivity index (χ0n) is 4.83. The molecule has 0 aliphatic rings. The van der Waals surface area contributed by atoms with E-state index in [0.29, 0.717) is 0 Å². The molecule has 0 unspecified atom stereocenters. The molecular formula is C5H7N2Y-. The van der Waals surface area contributed by atoms with Crippen molar-refractivity contribution in [1.29, 1.82) is 0 Å². The van der Waals surface area contributed by atoms with Crippen LogP contribution in [0.25, 0.3) is 0 Å². The Morgan fingerprint density at radius 2 is 2.50 bits per heavy atom. The molecule has 1 radical (unpaired) electrons. The van der Waals surface area contributed by atoms with E-state index < -0.39 is 0 Å². The maximum absolute atomic E-state index is 3.90. The molecule has 3 heteroatoms. The smallest absolute Gasteiger partial charge is 0.0346 e. The van der Waals surface area contributed by atoms with Gasteiger partial charge in [-0.3, -0.25) is 0 Å². The predicted molar refractivity (Wildman–Crippen MR) is 26.7 cm³/mol. The molecule has 0 atom stereocenters. The van der Waals surface area contributed by atoms with Crippen LogP contribution in [0.15, 0.2) is 12.4 Å². The van der Waals surface area contributed by atoms with Gasteiger partial charge in [-0.15, -0.1) is 6.20 Å². The van der Waals surface area contributed by atoms with Gasteiger partial charge >= 0.3 is 0 Å². The maximum Gasteiger partial charge on any atom is 0.0346 e. The number of aryl methyl sites for hydroxylation is 1. The summed E-state index contributed by atoms with van der Waals surface area (Å²) in [5, 5.41) is 3.90. The van der Waals surface area contributed by atoms with Gasteiger partial charge in [0.1, 0.15) is 0 Å². The summed E-state index contributed by atoms with van der Waals surface area (Å²) in [5.74, 6) is 0. The second kappa shape index (κ2) is 4.22. The molecule has 1 aromatic heterocycles. The van der Waals surface area contributed by atoms with Crippen molar-refractivity contribution in [1.82, 2.24) is 9.78 Å². The van der Waals surface area contributed by atoms with Crippen LogP contribution in [0, 0.1) is 6.07 Å². The van der Waals surface area contributed by atoms with Crippen LogP contribution < -0.4 is 0 Å². The number of rotatable bonds is 1. The van der Waals surface area contributed by atoms with E-state index in [-0.39, 0.29) is 32.7 Å². The van der Waals surface area contributed by atoms with E-state index in [9.17, 15) is 0 Å². The van der Waals surface area contributed by atoms with Gasteiger partial charge in [0.15, 0.2) is 0 Å². The SMILES string of the molecule is CCn1c[c-]cn1.[Y]. The van der Waals surface area contributed by atoms with Gasteiger partial charge in [0.2, 0.25) is 0 Å². The van der Waals surface area contributed by atoms with Crippen molar-refractivity contribution in [3.05, 3.63) is 18.5 Å². The summed E-state index contributed by atoms with van der Waals surface area (Å²) < 4.78 is 1.82. The van der Waals surface area contributed by atoms with Crippen LogP contribution in [0.4, 0.5) is 0 Å². The summed E-state index contributed by atoms with van der Waals surface area (Å²) in [6.07, 6.45) is 3.48. The summed E-state index contributed by atoms with van der Waals surface area (Å²) in [6, 6.07) is 2.83. The molecule has 0 fully saturated rings. The average Bonchev–Trinajstić information content (AvgIpc) is 2.14. The molecule has 0 aromatic carbocycles. The summed E-state index contributed by atoms with van der Waals surface area (Å²) in [5.41, 5.74) is 0. The second-order valence-electron chi connectivity index (χ2n) is 1.30. The van der Waals surface area contributed by atoms with Gasteiger partial charge in [-0.25, -0.2) is 5.10 Å². The van der Waals surface area contributed by atoms with Gasteiger partial charge in [0.05, 0.1) is 0 Å². The molecule has 2 nitrogen and oxygen atoms in total. The normalized spacial score (nSPS) is 8.12. The average molecular weight is 184 g/mol. The number of hydrogen-bond donors (Lipinski definition) is 0. The monoisotopic (exact) mass is 184 g/mol. The summed E-state index contributed by atoms with van der Waals surface area (Å²) in [6.45, 7) is 2.98. The van der Waals surface area contributed by atoms with Crippen LogP contribution in [-0.4, -0.2) is 9.78 Å². The van der Waals surface area contributed by atoms with Crippen molar-refractivity contribution >= 4 is 0 Å². The first-order valence-electron chi connectivity index (χ1n) is 2.32. The Morgan fingerprint density at radius 3 is 2.75 bits per heavy atom. The molecule has 0 N–H and O–H groups in total. The van der Waals surface area contributed by atoms with E-state index in [1.807, 2.05) is 17.8 Å². The first kappa shape index (κ1) is 8.31. The van der Waals surface area contributed by atoms with E-state index in [0.717, 1.165) is 6.54 Å². The van der Waals surface area contributed by atoms with Gasteiger partial charge in [0.25, 0.3) is 0 Å². The van der Waals surface area contributed by atoms with Crippen LogP contribution in [0.1, 0.15) is 6.92 Å². The Labute approximate surface area is 74.2 Å². The molecule has 1 heterocycles. The largest absolute Gasteiger partial charge is 0.432 e. The van der Waals surface area contributed by atoms with Gasteiger partial charge in [-0.1, -0.05) is 0 Å². The summed E-state index contributed by atoms with van der Waals surface area (Å²) >= 11 is 0. The number of aromatic nitrogens is 2. The minimum absolute atomic E-state index is 0. The first-order valence-corrected chi connectivity index (χ1v) is 2.32. The zero-order chi connectivity index (χ0) is 5.11. The van der Waals surface area contributed by atoms with E-state index >= 15 is 0 Å². The standard InChI is InChI=1S/C5H7N2.Y/c1-2-7-5-3-4-6-7;/h4-5H,2H2,1H3;/q-1;. The number of nitrogens with zero attached hydrogens (tertiary/aromatic N) is 2. The summed E-state index contributed by atoms with van der Waals surface area (Å²) in [7, 11) is 0. The minimum Gasteiger partial charge on any atom is -0.432 e.